The molecule has 69 heavy (non-hydrogen) atoms. The highest BCUT2D eigenvalue weighted by Crippen LogP contribution is 2.09. The number of hydrogen-bond donors (Lipinski definition) is 0. The fourth-order valence-corrected chi connectivity index (χ4v) is 5.93. The second-order valence-corrected chi connectivity index (χ2v) is 16.1. The van der Waals surface area contributed by atoms with Gasteiger partial charge < -0.3 is 14.2 Å². The van der Waals surface area contributed by atoms with Gasteiger partial charge in [-0.1, -0.05) is 222 Å². The van der Waals surface area contributed by atoms with E-state index < -0.39 is 18.0 Å². The number of allylic oxidation sites excluding steroid dienone is 32. The molecular formula is C63H90O6. The second-order valence-electron chi connectivity index (χ2n) is 16.1. The molecule has 0 fully saturated rings. The number of ether oxygens (including phenoxy) is 3. The second kappa shape index (κ2) is 54.9. The zero-order valence-electron chi connectivity index (χ0n) is 43.0. The van der Waals surface area contributed by atoms with Crippen LogP contribution in [0.25, 0.3) is 0 Å². The summed E-state index contributed by atoms with van der Waals surface area (Å²) in [6, 6.07) is 0. The molecule has 0 N–H and O–H groups in total. The van der Waals surface area contributed by atoms with E-state index in [-0.39, 0.29) is 38.4 Å². The summed E-state index contributed by atoms with van der Waals surface area (Å²) in [6.07, 6.45) is 84.3. The summed E-state index contributed by atoms with van der Waals surface area (Å²) < 4.78 is 16.6. The first-order chi connectivity index (χ1) is 34.0. The molecule has 0 saturated heterocycles. The Morgan fingerprint density at radius 3 is 1.07 bits per heavy atom. The van der Waals surface area contributed by atoms with E-state index in [0.29, 0.717) is 19.3 Å². The third-order valence-corrected chi connectivity index (χ3v) is 9.72. The normalized spacial score (nSPS) is 13.7. The fraction of sp³-hybridized carbons (Fsp3) is 0.444. The molecule has 1 atom stereocenters. The van der Waals surface area contributed by atoms with Gasteiger partial charge in [-0.2, -0.15) is 0 Å². The van der Waals surface area contributed by atoms with Gasteiger partial charge in [-0.15, -0.1) is 0 Å². The average Bonchev–Trinajstić information content (AvgIpc) is 3.35. The third-order valence-electron chi connectivity index (χ3n) is 9.72. The van der Waals surface area contributed by atoms with Gasteiger partial charge in [0.2, 0.25) is 0 Å². The van der Waals surface area contributed by atoms with Crippen LogP contribution in [0.5, 0.6) is 0 Å². The van der Waals surface area contributed by atoms with Gasteiger partial charge in [-0.25, -0.2) is 0 Å². The number of hydrogen-bond acceptors (Lipinski definition) is 6. The highest BCUT2D eigenvalue weighted by atomic mass is 16.6. The van der Waals surface area contributed by atoms with Crippen molar-refractivity contribution in [3.63, 3.8) is 0 Å². The number of esters is 3. The van der Waals surface area contributed by atoms with Crippen LogP contribution < -0.4 is 0 Å². The molecule has 0 aromatic carbocycles. The molecule has 0 aliphatic rings. The van der Waals surface area contributed by atoms with Gasteiger partial charge in [0.1, 0.15) is 13.2 Å². The summed E-state index contributed by atoms with van der Waals surface area (Å²) in [5.74, 6) is -1.17. The molecule has 0 radical (unpaired) electrons. The van der Waals surface area contributed by atoms with Crippen LogP contribution in [0.2, 0.25) is 0 Å². The maximum Gasteiger partial charge on any atom is 0.306 e. The minimum Gasteiger partial charge on any atom is -0.462 e. The van der Waals surface area contributed by atoms with Gasteiger partial charge in [0.05, 0.1) is 0 Å². The van der Waals surface area contributed by atoms with Crippen molar-refractivity contribution in [2.75, 3.05) is 13.2 Å². The van der Waals surface area contributed by atoms with Crippen LogP contribution in [0, 0.1) is 0 Å². The van der Waals surface area contributed by atoms with Crippen molar-refractivity contribution in [2.45, 2.75) is 168 Å². The summed E-state index contributed by atoms with van der Waals surface area (Å²) in [7, 11) is 0. The van der Waals surface area contributed by atoms with E-state index in [1.54, 1.807) is 0 Å². The molecule has 6 heteroatoms. The predicted molar refractivity (Wildman–Crippen MR) is 297 cm³/mol. The molecule has 0 aliphatic heterocycles. The summed E-state index contributed by atoms with van der Waals surface area (Å²) >= 11 is 0. The van der Waals surface area contributed by atoms with Crippen LogP contribution in [0.1, 0.15) is 162 Å². The van der Waals surface area contributed by atoms with Gasteiger partial charge in [0, 0.05) is 19.3 Å². The molecule has 0 aromatic heterocycles. The van der Waals surface area contributed by atoms with Crippen molar-refractivity contribution in [2.24, 2.45) is 0 Å². The van der Waals surface area contributed by atoms with E-state index >= 15 is 0 Å². The minimum atomic E-state index is -0.867. The third kappa shape index (κ3) is 53.1. The van der Waals surface area contributed by atoms with E-state index in [1.165, 1.54) is 0 Å². The van der Waals surface area contributed by atoms with Gasteiger partial charge in [0.25, 0.3) is 0 Å². The van der Waals surface area contributed by atoms with Crippen LogP contribution >= 0.6 is 0 Å². The highest BCUT2D eigenvalue weighted by molar-refractivity contribution is 5.71. The largest absolute Gasteiger partial charge is 0.462 e. The Hall–Kier alpha value is -5.75. The van der Waals surface area contributed by atoms with E-state index in [1.807, 2.05) is 66.8 Å². The molecule has 0 spiro atoms. The Bertz CT molecular complexity index is 1750. The number of carbonyl (C=O) groups is 3. The van der Waals surface area contributed by atoms with Crippen LogP contribution in [-0.4, -0.2) is 37.2 Å². The Labute approximate surface area is 420 Å². The predicted octanol–water partition coefficient (Wildman–Crippen LogP) is 17.5. The zero-order valence-corrected chi connectivity index (χ0v) is 43.0. The quantitative estimate of drug-likeness (QED) is 0.0199. The summed E-state index contributed by atoms with van der Waals surface area (Å²) in [4.78, 5) is 38.0. The maximum atomic E-state index is 12.8. The van der Waals surface area contributed by atoms with E-state index in [9.17, 15) is 14.4 Å². The molecule has 0 aromatic rings. The van der Waals surface area contributed by atoms with Crippen molar-refractivity contribution in [1.82, 2.24) is 0 Å². The number of unbranched alkanes of at least 4 members (excludes halogenated alkanes) is 4. The van der Waals surface area contributed by atoms with Crippen LogP contribution in [0.3, 0.4) is 0 Å². The lowest BCUT2D eigenvalue weighted by atomic mass is 10.1. The summed E-state index contributed by atoms with van der Waals surface area (Å²) in [6.45, 7) is 6.06. The zero-order chi connectivity index (χ0) is 50.0. The van der Waals surface area contributed by atoms with E-state index in [2.05, 4.69) is 148 Å². The summed E-state index contributed by atoms with van der Waals surface area (Å²) in [5, 5.41) is 0. The van der Waals surface area contributed by atoms with Crippen molar-refractivity contribution in [3.05, 3.63) is 194 Å². The van der Waals surface area contributed by atoms with E-state index in [0.717, 1.165) is 103 Å². The molecule has 0 aliphatic carbocycles. The molecular weight excluding hydrogens is 853 g/mol. The Morgan fingerprint density at radius 2 is 0.638 bits per heavy atom. The first-order valence-electron chi connectivity index (χ1n) is 26.0. The lowest BCUT2D eigenvalue weighted by Crippen LogP contribution is -2.30. The Kier molecular flexibility index (Phi) is 50.3. The van der Waals surface area contributed by atoms with Crippen molar-refractivity contribution in [1.29, 1.82) is 0 Å². The topological polar surface area (TPSA) is 78.9 Å². The van der Waals surface area contributed by atoms with Crippen LogP contribution in [-0.2, 0) is 28.6 Å². The highest BCUT2D eigenvalue weighted by Gasteiger charge is 2.19. The van der Waals surface area contributed by atoms with Crippen molar-refractivity contribution in [3.8, 4) is 0 Å². The maximum absolute atomic E-state index is 12.8. The molecule has 6 nitrogen and oxygen atoms in total. The number of carbonyl (C=O) groups excluding carboxylic acids is 3. The van der Waals surface area contributed by atoms with Crippen molar-refractivity contribution < 1.29 is 28.6 Å². The molecule has 0 heterocycles. The standard InChI is InChI=1S/C63H90O6/c1-4-7-10-13-16-19-22-25-27-29-31-33-35-38-41-44-47-50-53-56-62(65)68-59-60(58-67-61(64)55-52-49-46-43-40-37-24-21-18-15-12-9-6-3)69-63(66)57-54-51-48-45-42-39-36-34-32-30-28-26-23-20-17-14-11-8-5-2/h7-12,15-21,24-28,31-34,37-43,46-47,50,60H,4-6,13-14,22-23,29-30,35-36,44-45,48-49,51-59H2,1-3H3/b10-7+,11-8+,12-9+,18-15+,19-16+,20-17+,24-21+,27-25+,28-26+,33-31+,34-32+,40-37+,41-38+,42-39+,46-43+,50-47+. The van der Waals surface area contributed by atoms with Gasteiger partial charge in [0.15, 0.2) is 6.10 Å². The van der Waals surface area contributed by atoms with Gasteiger partial charge in [-0.3, -0.25) is 14.4 Å². The van der Waals surface area contributed by atoms with E-state index in [4.69, 9.17) is 14.2 Å². The first kappa shape index (κ1) is 63.2. The lowest BCUT2D eigenvalue weighted by Gasteiger charge is -2.18. The first-order valence-corrected chi connectivity index (χ1v) is 26.0. The van der Waals surface area contributed by atoms with Gasteiger partial charge >= 0.3 is 17.9 Å². The Balaban J connectivity index is 4.70. The molecule has 1 unspecified atom stereocenters. The van der Waals surface area contributed by atoms with Crippen LogP contribution in [0.15, 0.2) is 194 Å². The van der Waals surface area contributed by atoms with Crippen LogP contribution in [0.4, 0.5) is 0 Å². The average molecular weight is 943 g/mol. The molecule has 378 valence electrons. The molecule has 0 bridgehead atoms. The van der Waals surface area contributed by atoms with Gasteiger partial charge in [-0.05, 0) is 116 Å². The minimum absolute atomic E-state index is 0.164. The number of rotatable bonds is 43. The monoisotopic (exact) mass is 943 g/mol. The summed E-state index contributed by atoms with van der Waals surface area (Å²) in [5.41, 5.74) is 0. The SMILES string of the molecule is CC/C=C/C=C/C=C/C=C/C=C/CCCC(=O)OCC(COC(=O)CC/C=C/C/C=C/C/C=C/C/C=C/C/C=C/C/C=C/CC)OC(=O)CCCCC/C=C/C/C=C/C/C=C/C/C=C/C/C=C/CC. The smallest absolute Gasteiger partial charge is 0.306 e. The molecule has 0 saturated carbocycles. The fourth-order valence-electron chi connectivity index (χ4n) is 5.93. The molecule has 0 rings (SSSR count). The lowest BCUT2D eigenvalue weighted by molar-refractivity contribution is -0.166. The molecule has 0 amide bonds. The Morgan fingerprint density at radius 1 is 0.304 bits per heavy atom. The van der Waals surface area contributed by atoms with Crippen molar-refractivity contribution >= 4 is 17.9 Å².